The van der Waals surface area contributed by atoms with Crippen LogP contribution in [0.25, 0.3) is 34.7 Å². The van der Waals surface area contributed by atoms with Crippen molar-refractivity contribution >= 4 is 46.5 Å². The molecule has 0 aliphatic carbocycles. The van der Waals surface area contributed by atoms with E-state index in [9.17, 15) is 9.59 Å². The van der Waals surface area contributed by atoms with Crippen LogP contribution in [-0.4, -0.2) is 69.5 Å². The summed E-state index contributed by atoms with van der Waals surface area (Å²) < 4.78 is 25.5. The number of benzene rings is 4. The molecule has 0 atom stereocenters. The van der Waals surface area contributed by atoms with Gasteiger partial charge in [0.25, 0.3) is 0 Å². The van der Waals surface area contributed by atoms with Gasteiger partial charge in [-0.25, -0.2) is 4.98 Å². The van der Waals surface area contributed by atoms with Crippen molar-refractivity contribution in [1.29, 1.82) is 0 Å². The van der Waals surface area contributed by atoms with Crippen LogP contribution in [0, 0.1) is 6.92 Å². The summed E-state index contributed by atoms with van der Waals surface area (Å²) in [4.78, 5) is 29.4. The molecule has 0 aliphatic rings. The first-order chi connectivity index (χ1) is 25.9. The summed E-state index contributed by atoms with van der Waals surface area (Å²) in [6.45, 7) is 12.4. The number of hydrogen-bond acceptors (Lipinski definition) is 7. The Morgan fingerprint density at radius 2 is 1.32 bits per heavy atom. The second-order valence-electron chi connectivity index (χ2n) is 12.6. The minimum absolute atomic E-state index is 0.0401. The molecular weight excluding hydrogens is 668 g/mol. The van der Waals surface area contributed by atoms with Gasteiger partial charge in [-0.15, -0.1) is 0 Å². The van der Waals surface area contributed by atoms with Gasteiger partial charge in [0, 0.05) is 43.6 Å². The molecule has 0 radical (unpaired) electrons. The van der Waals surface area contributed by atoms with Gasteiger partial charge in [0.15, 0.2) is 11.3 Å². The SMILES string of the molecule is C=c1cccc/c1=C/c1c(C)cccc1OCCCC(=O)NCCOCCOCCNC(=O)CCCOc1cccc2c1nc1ccccc1[n+]2CC. The Morgan fingerprint density at radius 3 is 2.02 bits per heavy atom. The Hall–Kier alpha value is -5.32. The molecule has 53 heavy (non-hydrogen) atoms. The second kappa shape index (κ2) is 20.7. The number of para-hydroxylation sites is 3. The fourth-order valence-electron chi connectivity index (χ4n) is 5.98. The van der Waals surface area contributed by atoms with E-state index in [0.717, 1.165) is 61.7 Å². The van der Waals surface area contributed by atoms with E-state index in [1.807, 2.05) is 66.7 Å². The number of fused-ring (bicyclic) bond motifs is 2. The molecule has 0 spiro atoms. The molecule has 1 heterocycles. The number of nitrogens with one attached hydrogen (secondary N) is 2. The first-order valence-electron chi connectivity index (χ1n) is 18.5. The first kappa shape index (κ1) is 38.9. The predicted octanol–water partition coefficient (Wildman–Crippen LogP) is 4.53. The number of rotatable bonds is 21. The molecule has 0 fully saturated rings. The van der Waals surface area contributed by atoms with Gasteiger partial charge in [-0.3, -0.25) is 9.59 Å². The van der Waals surface area contributed by atoms with Crippen molar-refractivity contribution in [3.8, 4) is 11.5 Å². The summed E-state index contributed by atoms with van der Waals surface area (Å²) >= 11 is 0. The monoisotopic (exact) mass is 719 g/mol. The number of carbonyl (C=O) groups is 2. The second-order valence-corrected chi connectivity index (χ2v) is 12.6. The molecule has 0 bridgehead atoms. The van der Waals surface area contributed by atoms with Crippen molar-refractivity contribution in [3.05, 3.63) is 106 Å². The fraction of sp³-hybridized carbons (Fsp3) is 0.349. The van der Waals surface area contributed by atoms with Crippen LogP contribution in [0.5, 0.6) is 11.5 Å². The summed E-state index contributed by atoms with van der Waals surface area (Å²) in [5.74, 6) is 1.43. The molecule has 0 unspecified atom stereocenters. The Morgan fingerprint density at radius 1 is 0.717 bits per heavy atom. The van der Waals surface area contributed by atoms with E-state index in [1.54, 1.807) is 0 Å². The van der Waals surface area contributed by atoms with Crippen LogP contribution >= 0.6 is 0 Å². The van der Waals surface area contributed by atoms with E-state index >= 15 is 0 Å². The van der Waals surface area contributed by atoms with E-state index in [1.165, 1.54) is 0 Å². The first-order valence-corrected chi connectivity index (χ1v) is 18.5. The van der Waals surface area contributed by atoms with Crippen LogP contribution in [0.2, 0.25) is 0 Å². The molecule has 0 saturated carbocycles. The predicted molar refractivity (Wildman–Crippen MR) is 208 cm³/mol. The van der Waals surface area contributed by atoms with Crippen LogP contribution in [0.15, 0.2) is 84.9 Å². The highest BCUT2D eigenvalue weighted by molar-refractivity contribution is 5.85. The maximum atomic E-state index is 12.3. The van der Waals surface area contributed by atoms with Crippen molar-refractivity contribution < 1.29 is 33.1 Å². The van der Waals surface area contributed by atoms with Crippen molar-refractivity contribution in [3.63, 3.8) is 0 Å². The lowest BCUT2D eigenvalue weighted by molar-refractivity contribution is -0.641. The highest BCUT2D eigenvalue weighted by Gasteiger charge is 2.18. The Labute approximate surface area is 311 Å². The minimum Gasteiger partial charge on any atom is -0.493 e. The van der Waals surface area contributed by atoms with Crippen LogP contribution in [0.3, 0.4) is 0 Å². The zero-order valence-electron chi connectivity index (χ0n) is 30.9. The summed E-state index contributed by atoms with van der Waals surface area (Å²) in [7, 11) is 0. The standard InChI is InChI=1S/C43H50N4O6/c1-4-47-37-17-8-7-16-36(37)46-43-38(47)18-10-20-40(43)53-26-12-22-42(49)45-24-28-51-30-29-50-27-23-44-41(48)21-11-25-52-39-19-9-14-33(3)35(39)31-34-15-6-5-13-32(34)2/h5-10,13-20,31H,2,4,11-12,21-30H2,1,3H3,(H-,44,45,48,49)/p+1/b34-31-. The zero-order chi connectivity index (χ0) is 37.3. The van der Waals surface area contributed by atoms with Gasteiger partial charge in [0.05, 0.1) is 39.6 Å². The van der Waals surface area contributed by atoms with Gasteiger partial charge < -0.3 is 29.6 Å². The topological polar surface area (TPSA) is 112 Å². The van der Waals surface area contributed by atoms with E-state index in [2.05, 4.69) is 59.9 Å². The quantitative estimate of drug-likeness (QED) is 0.0652. The highest BCUT2D eigenvalue weighted by Crippen LogP contribution is 2.25. The molecule has 5 rings (SSSR count). The third kappa shape index (κ3) is 11.6. The molecule has 10 heteroatoms. The summed E-state index contributed by atoms with van der Waals surface area (Å²) in [6.07, 6.45) is 4.01. The van der Waals surface area contributed by atoms with Crippen molar-refractivity contribution in [2.24, 2.45) is 0 Å². The van der Waals surface area contributed by atoms with E-state index < -0.39 is 0 Å². The third-order valence-electron chi connectivity index (χ3n) is 8.75. The lowest BCUT2D eigenvalue weighted by atomic mass is 10.1. The van der Waals surface area contributed by atoms with Crippen LogP contribution in [0.4, 0.5) is 0 Å². The molecule has 1 aromatic heterocycles. The molecule has 10 nitrogen and oxygen atoms in total. The lowest BCUT2D eigenvalue weighted by Crippen LogP contribution is -2.34. The molecule has 0 saturated heterocycles. The summed E-state index contributed by atoms with van der Waals surface area (Å²) in [6, 6.07) is 28.0. The molecule has 0 aliphatic heterocycles. The largest absolute Gasteiger partial charge is 0.493 e. The van der Waals surface area contributed by atoms with Gasteiger partial charge in [-0.05, 0) is 67.0 Å². The maximum Gasteiger partial charge on any atom is 0.235 e. The maximum absolute atomic E-state index is 12.3. The van der Waals surface area contributed by atoms with Crippen LogP contribution in [0.1, 0.15) is 43.7 Å². The average molecular weight is 720 g/mol. The van der Waals surface area contributed by atoms with Crippen molar-refractivity contribution in [1.82, 2.24) is 15.6 Å². The van der Waals surface area contributed by atoms with Gasteiger partial charge in [0.1, 0.15) is 17.8 Å². The molecule has 278 valence electrons. The van der Waals surface area contributed by atoms with Gasteiger partial charge >= 0.3 is 0 Å². The number of carbonyl (C=O) groups excluding carboxylic acids is 2. The molecule has 4 aromatic carbocycles. The van der Waals surface area contributed by atoms with E-state index in [-0.39, 0.29) is 11.8 Å². The molecule has 2 N–H and O–H groups in total. The number of ether oxygens (including phenoxy) is 4. The van der Waals surface area contributed by atoms with Gasteiger partial charge in [-0.2, -0.15) is 4.57 Å². The number of aryl methyl sites for hydroxylation is 2. The van der Waals surface area contributed by atoms with Crippen molar-refractivity contribution in [2.75, 3.05) is 52.7 Å². The third-order valence-corrected chi connectivity index (χ3v) is 8.75. The Balaban J connectivity index is 0.867. The Kier molecular flexibility index (Phi) is 15.2. The number of aromatic nitrogens is 2. The molecular formula is C43H51N4O6+. The van der Waals surface area contributed by atoms with Gasteiger partial charge in [-0.1, -0.05) is 61.2 Å². The van der Waals surface area contributed by atoms with Crippen LogP contribution < -0.4 is 35.1 Å². The zero-order valence-corrected chi connectivity index (χ0v) is 30.9. The summed E-state index contributed by atoms with van der Waals surface area (Å²) in [5.41, 5.74) is 5.98. The lowest BCUT2D eigenvalue weighted by Gasteiger charge is -2.12. The van der Waals surface area contributed by atoms with E-state index in [0.29, 0.717) is 78.4 Å². The molecule has 2 amide bonds. The number of hydrogen-bond donors (Lipinski definition) is 2. The Bertz CT molecular complexity index is 2090. The van der Waals surface area contributed by atoms with Crippen LogP contribution in [-0.2, 0) is 25.6 Å². The smallest absolute Gasteiger partial charge is 0.235 e. The normalized spacial score (nSPS) is 11.5. The summed E-state index contributed by atoms with van der Waals surface area (Å²) in [5, 5.41) is 7.77. The fourth-order valence-corrected chi connectivity index (χ4v) is 5.98. The average Bonchev–Trinajstić information content (AvgIpc) is 3.16. The van der Waals surface area contributed by atoms with Crippen molar-refractivity contribution in [2.45, 2.75) is 46.1 Å². The number of amides is 2. The highest BCUT2D eigenvalue weighted by atomic mass is 16.5. The van der Waals surface area contributed by atoms with E-state index in [4.69, 9.17) is 23.9 Å². The minimum atomic E-state index is -0.0454. The number of nitrogens with zero attached hydrogens (tertiary/aromatic N) is 2. The molecule has 5 aromatic rings. The van der Waals surface area contributed by atoms with Gasteiger partial charge in [0.2, 0.25) is 22.8 Å².